The lowest BCUT2D eigenvalue weighted by Gasteiger charge is -2.11. The number of amides is 1. The van der Waals surface area contributed by atoms with Gasteiger partial charge in [0.1, 0.15) is 13.2 Å². The number of hydrogen-bond acceptors (Lipinski definition) is 5. The first-order valence-electron chi connectivity index (χ1n) is 9.22. The van der Waals surface area contributed by atoms with Crippen LogP contribution in [-0.4, -0.2) is 33.0 Å². The maximum absolute atomic E-state index is 12.1. The first-order chi connectivity index (χ1) is 13.4. The van der Waals surface area contributed by atoms with E-state index < -0.39 is 5.97 Å². The van der Waals surface area contributed by atoms with E-state index in [2.05, 4.69) is 15.4 Å². The van der Waals surface area contributed by atoms with E-state index in [9.17, 15) is 9.59 Å². The van der Waals surface area contributed by atoms with Crippen molar-refractivity contribution in [2.24, 2.45) is 0 Å². The van der Waals surface area contributed by atoms with Gasteiger partial charge < -0.3 is 10.1 Å². The van der Waals surface area contributed by atoms with Gasteiger partial charge >= 0.3 is 5.97 Å². The standard InChI is InChI=1S/C21H24N4O3/c1-14-11-19-23-15(2)18(16(3)25(19)24-14)9-10-20(26)22-12-21(27)28-13-17-7-5-4-6-8-17/h4-8,11H,9-10,12-13H2,1-3H3,(H,22,26). The number of carbonyl (C=O) groups excluding carboxylic acids is 2. The molecule has 0 atom stereocenters. The van der Waals surface area contributed by atoms with E-state index in [1.54, 1.807) is 4.52 Å². The Morgan fingerprint density at radius 2 is 1.89 bits per heavy atom. The zero-order valence-corrected chi connectivity index (χ0v) is 16.4. The second-order valence-corrected chi connectivity index (χ2v) is 6.74. The van der Waals surface area contributed by atoms with Crippen LogP contribution >= 0.6 is 0 Å². The van der Waals surface area contributed by atoms with Crippen molar-refractivity contribution in [3.8, 4) is 0 Å². The van der Waals surface area contributed by atoms with Crippen LogP contribution in [0, 0.1) is 20.8 Å². The van der Waals surface area contributed by atoms with Gasteiger partial charge in [-0.1, -0.05) is 30.3 Å². The zero-order chi connectivity index (χ0) is 20.1. The van der Waals surface area contributed by atoms with Gasteiger partial charge in [0.15, 0.2) is 5.65 Å². The number of ether oxygens (including phenoxy) is 1. The molecule has 0 aliphatic heterocycles. The number of hydrogen-bond donors (Lipinski definition) is 1. The first-order valence-corrected chi connectivity index (χ1v) is 9.22. The van der Waals surface area contributed by atoms with Crippen LogP contribution in [0.15, 0.2) is 36.4 Å². The molecule has 1 aromatic carbocycles. The number of nitrogens with zero attached hydrogens (tertiary/aromatic N) is 3. The van der Waals surface area contributed by atoms with E-state index in [0.29, 0.717) is 6.42 Å². The number of esters is 1. The van der Waals surface area contributed by atoms with Crippen LogP contribution in [0.3, 0.4) is 0 Å². The van der Waals surface area contributed by atoms with Gasteiger partial charge in [0.05, 0.1) is 5.69 Å². The highest BCUT2D eigenvalue weighted by Crippen LogP contribution is 2.17. The topological polar surface area (TPSA) is 85.6 Å². The molecule has 0 saturated heterocycles. The van der Waals surface area contributed by atoms with E-state index in [0.717, 1.165) is 33.9 Å². The summed E-state index contributed by atoms with van der Waals surface area (Å²) in [5, 5.41) is 7.05. The first kappa shape index (κ1) is 19.5. The van der Waals surface area contributed by atoms with Crippen molar-refractivity contribution in [3.05, 3.63) is 64.6 Å². The third kappa shape index (κ3) is 4.73. The third-order valence-corrected chi connectivity index (χ3v) is 4.56. The largest absolute Gasteiger partial charge is 0.460 e. The van der Waals surface area contributed by atoms with E-state index >= 15 is 0 Å². The van der Waals surface area contributed by atoms with Gasteiger partial charge in [-0.25, -0.2) is 9.50 Å². The average molecular weight is 380 g/mol. The highest BCUT2D eigenvalue weighted by molar-refractivity contribution is 5.82. The molecule has 146 valence electrons. The van der Waals surface area contributed by atoms with Crippen molar-refractivity contribution in [3.63, 3.8) is 0 Å². The number of aryl methyl sites for hydroxylation is 3. The molecule has 2 heterocycles. The lowest BCUT2D eigenvalue weighted by molar-refractivity contribution is -0.145. The molecule has 0 aliphatic rings. The van der Waals surface area contributed by atoms with Crippen molar-refractivity contribution in [1.29, 1.82) is 0 Å². The number of aromatic nitrogens is 3. The molecule has 7 heteroatoms. The summed E-state index contributed by atoms with van der Waals surface area (Å²) in [6.45, 7) is 5.89. The summed E-state index contributed by atoms with van der Waals surface area (Å²) in [6.07, 6.45) is 0.797. The lowest BCUT2D eigenvalue weighted by atomic mass is 10.1. The van der Waals surface area contributed by atoms with Gasteiger partial charge in [-0.2, -0.15) is 5.10 Å². The van der Waals surface area contributed by atoms with Gasteiger partial charge in [-0.3, -0.25) is 9.59 Å². The quantitative estimate of drug-likeness (QED) is 0.637. The summed E-state index contributed by atoms with van der Waals surface area (Å²) in [5.74, 6) is -0.660. The molecule has 0 saturated carbocycles. The van der Waals surface area contributed by atoms with Gasteiger partial charge in [0, 0.05) is 23.9 Å². The Morgan fingerprint density at radius 3 is 2.64 bits per heavy atom. The molecule has 0 aliphatic carbocycles. The predicted octanol–water partition coefficient (Wildman–Crippen LogP) is 2.45. The third-order valence-electron chi connectivity index (χ3n) is 4.56. The molecule has 28 heavy (non-hydrogen) atoms. The number of benzene rings is 1. The van der Waals surface area contributed by atoms with E-state index in [1.165, 1.54) is 0 Å². The van der Waals surface area contributed by atoms with Crippen LogP contribution in [0.4, 0.5) is 0 Å². The molecule has 0 unspecified atom stereocenters. The Balaban J connectivity index is 1.49. The molecule has 1 amide bonds. The van der Waals surface area contributed by atoms with Crippen molar-refractivity contribution < 1.29 is 14.3 Å². The highest BCUT2D eigenvalue weighted by atomic mass is 16.5. The maximum atomic E-state index is 12.1. The molecule has 0 bridgehead atoms. The molecule has 7 nitrogen and oxygen atoms in total. The Bertz CT molecular complexity index is 996. The fraction of sp³-hybridized carbons (Fsp3) is 0.333. The summed E-state index contributed by atoms with van der Waals surface area (Å²) in [5.41, 5.74) is 5.48. The van der Waals surface area contributed by atoms with Gasteiger partial charge in [-0.05, 0) is 38.3 Å². The summed E-state index contributed by atoms with van der Waals surface area (Å²) < 4.78 is 6.96. The number of rotatable bonds is 7. The normalized spacial score (nSPS) is 10.8. The van der Waals surface area contributed by atoms with Gasteiger partial charge in [0.25, 0.3) is 0 Å². The van der Waals surface area contributed by atoms with Crippen LogP contribution in [0.1, 0.15) is 34.6 Å². The molecule has 0 fully saturated rings. The van der Waals surface area contributed by atoms with Gasteiger partial charge in [0.2, 0.25) is 5.91 Å². The summed E-state index contributed by atoms with van der Waals surface area (Å²) in [7, 11) is 0. The second-order valence-electron chi connectivity index (χ2n) is 6.74. The molecule has 3 aromatic rings. The predicted molar refractivity (Wildman–Crippen MR) is 105 cm³/mol. The summed E-state index contributed by atoms with van der Waals surface area (Å²) in [4.78, 5) is 28.5. The van der Waals surface area contributed by atoms with E-state index in [1.807, 2.05) is 57.2 Å². The fourth-order valence-corrected chi connectivity index (χ4v) is 3.09. The van der Waals surface area contributed by atoms with Crippen LogP contribution in [0.25, 0.3) is 5.65 Å². The average Bonchev–Trinajstić information content (AvgIpc) is 3.05. The molecule has 3 rings (SSSR count). The smallest absolute Gasteiger partial charge is 0.325 e. The molecule has 0 spiro atoms. The highest BCUT2D eigenvalue weighted by Gasteiger charge is 2.13. The Morgan fingerprint density at radius 1 is 1.14 bits per heavy atom. The lowest BCUT2D eigenvalue weighted by Crippen LogP contribution is -2.30. The Hall–Kier alpha value is -3.22. The minimum atomic E-state index is -0.459. The number of fused-ring (bicyclic) bond motifs is 1. The molecule has 1 N–H and O–H groups in total. The van der Waals surface area contributed by atoms with Crippen LogP contribution in [-0.2, 0) is 27.4 Å². The zero-order valence-electron chi connectivity index (χ0n) is 16.4. The minimum absolute atomic E-state index is 0.140. The van der Waals surface area contributed by atoms with E-state index in [4.69, 9.17) is 4.74 Å². The second kappa shape index (κ2) is 8.65. The van der Waals surface area contributed by atoms with Crippen molar-refractivity contribution in [2.45, 2.75) is 40.2 Å². The molecule has 0 radical (unpaired) electrons. The summed E-state index contributed by atoms with van der Waals surface area (Å²) >= 11 is 0. The number of nitrogens with one attached hydrogen (secondary N) is 1. The van der Waals surface area contributed by atoms with Crippen molar-refractivity contribution in [1.82, 2.24) is 19.9 Å². The Labute approximate surface area is 163 Å². The monoisotopic (exact) mass is 380 g/mol. The van der Waals surface area contributed by atoms with Gasteiger partial charge in [-0.15, -0.1) is 0 Å². The van der Waals surface area contributed by atoms with Crippen LogP contribution < -0.4 is 5.32 Å². The summed E-state index contributed by atoms with van der Waals surface area (Å²) in [6, 6.07) is 11.3. The van der Waals surface area contributed by atoms with Crippen molar-refractivity contribution in [2.75, 3.05) is 6.54 Å². The minimum Gasteiger partial charge on any atom is -0.460 e. The molecular formula is C21H24N4O3. The van der Waals surface area contributed by atoms with Crippen molar-refractivity contribution >= 4 is 17.5 Å². The van der Waals surface area contributed by atoms with E-state index in [-0.39, 0.29) is 25.5 Å². The fourth-order valence-electron chi connectivity index (χ4n) is 3.09. The van der Waals surface area contributed by atoms with Crippen LogP contribution in [0.5, 0.6) is 0 Å². The molecule has 2 aromatic heterocycles. The number of carbonyl (C=O) groups is 2. The maximum Gasteiger partial charge on any atom is 0.325 e. The van der Waals surface area contributed by atoms with Crippen LogP contribution in [0.2, 0.25) is 0 Å². The Kier molecular flexibility index (Phi) is 6.03. The molecular weight excluding hydrogens is 356 g/mol. The SMILES string of the molecule is Cc1cc2nc(C)c(CCC(=O)NCC(=O)OCc3ccccc3)c(C)n2n1.